The molecule has 0 unspecified atom stereocenters. The van der Waals surface area contributed by atoms with Crippen molar-refractivity contribution in [2.75, 3.05) is 19.6 Å². The highest BCUT2D eigenvalue weighted by Gasteiger charge is 2.14. The lowest BCUT2D eigenvalue weighted by atomic mass is 9.90. The molecule has 2 rings (SSSR count). The molecule has 1 aliphatic rings. The Hall–Kier alpha value is -1.35. The van der Waals surface area contributed by atoms with Crippen molar-refractivity contribution in [3.8, 4) is 0 Å². The molecule has 1 aromatic carbocycles. The van der Waals surface area contributed by atoms with Crippen molar-refractivity contribution < 1.29 is 4.79 Å². The Balaban J connectivity index is 1.66. The highest BCUT2D eigenvalue weighted by molar-refractivity contribution is 5.94. The minimum absolute atomic E-state index is 0.0816. The van der Waals surface area contributed by atoms with Gasteiger partial charge >= 0.3 is 0 Å². The van der Waals surface area contributed by atoms with E-state index in [2.05, 4.69) is 29.7 Å². The lowest BCUT2D eigenvalue weighted by Gasteiger charge is -2.22. The van der Waals surface area contributed by atoms with Gasteiger partial charge in [0.2, 0.25) is 0 Å². The highest BCUT2D eigenvalue weighted by Crippen LogP contribution is 2.18. The summed E-state index contributed by atoms with van der Waals surface area (Å²) >= 11 is 0. The molecule has 0 saturated carbocycles. The summed E-state index contributed by atoms with van der Waals surface area (Å²) in [4.78, 5) is 12.3. The van der Waals surface area contributed by atoms with Crippen LogP contribution in [0.1, 0.15) is 80.6 Å². The van der Waals surface area contributed by atoms with E-state index in [0.717, 1.165) is 44.0 Å². The molecular formula is C22H36N2O. The summed E-state index contributed by atoms with van der Waals surface area (Å²) in [6, 6.07) is 8.21. The molecule has 2 N–H and O–H groups in total. The van der Waals surface area contributed by atoms with E-state index >= 15 is 0 Å². The van der Waals surface area contributed by atoms with Gasteiger partial charge in [0, 0.05) is 12.1 Å². The Kier molecular flexibility index (Phi) is 9.65. The van der Waals surface area contributed by atoms with Crippen LogP contribution in [0, 0.1) is 5.92 Å². The van der Waals surface area contributed by atoms with Crippen LogP contribution >= 0.6 is 0 Å². The number of carbonyl (C=O) groups excluding carboxylic acids is 1. The summed E-state index contributed by atoms with van der Waals surface area (Å²) in [5.74, 6) is 0.838. The quantitative estimate of drug-likeness (QED) is 0.571. The number of hydrogen-bond donors (Lipinski definition) is 2. The lowest BCUT2D eigenvalue weighted by Crippen LogP contribution is -2.28. The number of carbonyl (C=O) groups is 1. The monoisotopic (exact) mass is 344 g/mol. The van der Waals surface area contributed by atoms with Gasteiger partial charge in [-0.25, -0.2) is 0 Å². The van der Waals surface area contributed by atoms with Crippen LogP contribution in [0.5, 0.6) is 0 Å². The van der Waals surface area contributed by atoms with Gasteiger partial charge in [-0.15, -0.1) is 0 Å². The maximum atomic E-state index is 12.3. The highest BCUT2D eigenvalue weighted by atomic mass is 16.1. The third-order valence-electron chi connectivity index (χ3n) is 5.24. The zero-order valence-electron chi connectivity index (χ0n) is 16.0. The van der Waals surface area contributed by atoms with Crippen LogP contribution in [0.2, 0.25) is 0 Å². The number of amides is 1. The normalized spacial score (nSPS) is 15.2. The number of hydrogen-bond acceptors (Lipinski definition) is 2. The fraction of sp³-hybridized carbons (Fsp3) is 0.682. The molecular weight excluding hydrogens is 308 g/mol. The second-order valence-corrected chi connectivity index (χ2v) is 7.48. The van der Waals surface area contributed by atoms with Gasteiger partial charge in [0.15, 0.2) is 0 Å². The molecule has 1 saturated heterocycles. The van der Waals surface area contributed by atoms with E-state index in [-0.39, 0.29) is 5.91 Å². The summed E-state index contributed by atoms with van der Waals surface area (Å²) in [6.07, 6.45) is 12.5. The van der Waals surface area contributed by atoms with Crippen molar-refractivity contribution in [1.29, 1.82) is 0 Å². The maximum Gasteiger partial charge on any atom is 0.251 e. The van der Waals surface area contributed by atoms with Gasteiger partial charge in [-0.1, -0.05) is 57.6 Å². The maximum absolute atomic E-state index is 12.3. The number of rotatable bonds is 11. The van der Waals surface area contributed by atoms with Gasteiger partial charge in [-0.05, 0) is 62.4 Å². The summed E-state index contributed by atoms with van der Waals surface area (Å²) in [6.45, 7) is 5.30. The van der Waals surface area contributed by atoms with Gasteiger partial charge < -0.3 is 10.6 Å². The largest absolute Gasteiger partial charge is 0.352 e. The van der Waals surface area contributed by atoms with Crippen LogP contribution in [-0.2, 0) is 6.42 Å². The third kappa shape index (κ3) is 8.04. The number of unbranched alkanes of at least 4 members (excludes halogenated alkanes) is 6. The molecule has 0 aliphatic carbocycles. The first-order valence-electron chi connectivity index (χ1n) is 10.4. The standard InChI is InChI=1S/C22H36N2O/c1-2-3-4-5-6-7-8-14-24-22(25)21-11-9-10-20(18-21)17-19-12-15-23-16-13-19/h9-11,18-19,23H,2-8,12-17H2,1H3,(H,24,25). The van der Waals surface area contributed by atoms with Crippen LogP contribution in [0.4, 0.5) is 0 Å². The molecule has 0 atom stereocenters. The predicted octanol–water partition coefficient (Wildman–Crippen LogP) is 4.71. The van der Waals surface area contributed by atoms with E-state index in [9.17, 15) is 4.79 Å². The van der Waals surface area contributed by atoms with E-state index in [1.807, 2.05) is 12.1 Å². The Morgan fingerprint density at radius 1 is 1.08 bits per heavy atom. The average Bonchev–Trinajstić information content (AvgIpc) is 2.65. The molecule has 1 aromatic rings. The summed E-state index contributed by atoms with van der Waals surface area (Å²) < 4.78 is 0. The van der Waals surface area contributed by atoms with Crippen molar-refractivity contribution in [1.82, 2.24) is 10.6 Å². The van der Waals surface area contributed by atoms with E-state index in [0.29, 0.717) is 0 Å². The Morgan fingerprint density at radius 3 is 2.56 bits per heavy atom. The van der Waals surface area contributed by atoms with E-state index in [1.165, 1.54) is 56.9 Å². The predicted molar refractivity (Wildman–Crippen MR) is 106 cm³/mol. The van der Waals surface area contributed by atoms with Crippen LogP contribution < -0.4 is 10.6 Å². The fourth-order valence-electron chi connectivity index (χ4n) is 3.64. The van der Waals surface area contributed by atoms with E-state index in [4.69, 9.17) is 0 Å². The van der Waals surface area contributed by atoms with Gasteiger partial charge in [-0.3, -0.25) is 4.79 Å². The van der Waals surface area contributed by atoms with Crippen LogP contribution in [0.15, 0.2) is 24.3 Å². The van der Waals surface area contributed by atoms with Gasteiger partial charge in [0.05, 0.1) is 0 Å². The van der Waals surface area contributed by atoms with Crippen molar-refractivity contribution in [2.45, 2.75) is 71.1 Å². The second kappa shape index (κ2) is 12.1. The summed E-state index contributed by atoms with van der Waals surface area (Å²) in [5, 5.41) is 6.50. The molecule has 0 bridgehead atoms. The second-order valence-electron chi connectivity index (χ2n) is 7.48. The van der Waals surface area contributed by atoms with Gasteiger partial charge in [-0.2, -0.15) is 0 Å². The first-order valence-corrected chi connectivity index (χ1v) is 10.4. The van der Waals surface area contributed by atoms with Crippen molar-refractivity contribution in [2.24, 2.45) is 5.92 Å². The topological polar surface area (TPSA) is 41.1 Å². The zero-order valence-corrected chi connectivity index (χ0v) is 16.0. The Bertz CT molecular complexity index is 495. The summed E-state index contributed by atoms with van der Waals surface area (Å²) in [5.41, 5.74) is 2.12. The molecule has 25 heavy (non-hydrogen) atoms. The Morgan fingerprint density at radius 2 is 1.80 bits per heavy atom. The first kappa shape index (κ1) is 20.0. The minimum Gasteiger partial charge on any atom is -0.352 e. The third-order valence-corrected chi connectivity index (χ3v) is 5.24. The van der Waals surface area contributed by atoms with Gasteiger partial charge in [0.25, 0.3) is 5.91 Å². The Labute approximate surface area is 154 Å². The molecule has 1 aliphatic heterocycles. The van der Waals surface area contributed by atoms with Crippen LogP contribution in [0.25, 0.3) is 0 Å². The molecule has 0 spiro atoms. The molecule has 140 valence electrons. The van der Waals surface area contributed by atoms with E-state index in [1.54, 1.807) is 0 Å². The van der Waals surface area contributed by atoms with Crippen LogP contribution in [0.3, 0.4) is 0 Å². The van der Waals surface area contributed by atoms with E-state index < -0.39 is 0 Å². The smallest absolute Gasteiger partial charge is 0.251 e. The molecule has 1 fully saturated rings. The first-order chi connectivity index (χ1) is 12.3. The zero-order chi connectivity index (χ0) is 17.7. The SMILES string of the molecule is CCCCCCCCCNC(=O)c1cccc(CC2CCNCC2)c1. The molecule has 0 radical (unpaired) electrons. The number of benzene rings is 1. The van der Waals surface area contributed by atoms with Crippen molar-refractivity contribution in [3.05, 3.63) is 35.4 Å². The lowest BCUT2D eigenvalue weighted by molar-refractivity contribution is 0.0953. The van der Waals surface area contributed by atoms with Crippen LogP contribution in [-0.4, -0.2) is 25.5 Å². The summed E-state index contributed by atoms with van der Waals surface area (Å²) in [7, 11) is 0. The minimum atomic E-state index is 0.0816. The molecule has 1 amide bonds. The average molecular weight is 345 g/mol. The molecule has 3 nitrogen and oxygen atoms in total. The molecule has 3 heteroatoms. The van der Waals surface area contributed by atoms with Crippen molar-refractivity contribution in [3.63, 3.8) is 0 Å². The fourth-order valence-corrected chi connectivity index (χ4v) is 3.64. The molecule has 1 heterocycles. The van der Waals surface area contributed by atoms with Crippen molar-refractivity contribution >= 4 is 5.91 Å². The molecule has 0 aromatic heterocycles. The number of nitrogens with one attached hydrogen (secondary N) is 2. The van der Waals surface area contributed by atoms with Gasteiger partial charge in [0.1, 0.15) is 0 Å². The number of piperidine rings is 1.